The van der Waals surface area contributed by atoms with Crippen LogP contribution in [0.25, 0.3) is 0 Å². The first kappa shape index (κ1) is 59.5. The van der Waals surface area contributed by atoms with Gasteiger partial charge in [0, 0.05) is 40.5 Å². The van der Waals surface area contributed by atoms with E-state index in [1.807, 2.05) is 0 Å². The Labute approximate surface area is 391 Å². The maximum absolute atomic E-state index is 13.1. The molecule has 14 nitrogen and oxygen atoms in total. The molecule has 0 aliphatic carbocycles. The molecule has 0 aromatic heterocycles. The quantitative estimate of drug-likeness (QED) is 0.0245. The van der Waals surface area contributed by atoms with Crippen LogP contribution in [0.4, 0.5) is 0 Å². The number of carbonyl (C=O) groups excluding carboxylic acids is 6. The molecule has 0 unspecified atom stereocenters. The summed E-state index contributed by atoms with van der Waals surface area (Å²) in [5.74, 6) is -3.91. The van der Waals surface area contributed by atoms with Crippen molar-refractivity contribution < 1.29 is 66.7 Å². The van der Waals surface area contributed by atoms with E-state index < -0.39 is 79.2 Å². The fourth-order valence-electron chi connectivity index (χ4n) is 7.77. The molecular formula is C51H88O14. The number of allylic oxidation sites excluding steroid dienone is 2. The Balaban J connectivity index is 2.83. The predicted octanol–water partition coefficient (Wildman–Crippen LogP) is 11.1. The van der Waals surface area contributed by atoms with E-state index in [0.717, 1.165) is 78.6 Å². The van der Waals surface area contributed by atoms with E-state index in [2.05, 4.69) is 26.0 Å². The molecule has 0 spiro atoms. The van der Waals surface area contributed by atoms with Gasteiger partial charge >= 0.3 is 35.8 Å². The molecule has 0 radical (unpaired) electrons. The number of unbranched alkanes of at least 4 members (excludes halogenated alkanes) is 23. The lowest BCUT2D eigenvalue weighted by Gasteiger charge is -2.44. The number of ether oxygens (including phenoxy) is 8. The Morgan fingerprint density at radius 1 is 0.462 bits per heavy atom. The maximum atomic E-state index is 13.1. The van der Waals surface area contributed by atoms with Crippen molar-refractivity contribution in [2.45, 2.75) is 258 Å². The van der Waals surface area contributed by atoms with Crippen molar-refractivity contribution in [1.29, 1.82) is 0 Å². The van der Waals surface area contributed by atoms with Gasteiger partial charge in [-0.25, -0.2) is 0 Å². The average Bonchev–Trinajstić information content (AvgIpc) is 3.25. The molecule has 65 heavy (non-hydrogen) atoms. The molecule has 1 heterocycles. The van der Waals surface area contributed by atoms with Crippen LogP contribution in [-0.2, 0) is 66.7 Å². The van der Waals surface area contributed by atoms with Crippen LogP contribution >= 0.6 is 0 Å². The number of rotatable bonds is 40. The summed E-state index contributed by atoms with van der Waals surface area (Å²) in [6.45, 7) is 7.93. The summed E-state index contributed by atoms with van der Waals surface area (Å²) in [5, 5.41) is 0. The molecule has 0 bridgehead atoms. The van der Waals surface area contributed by atoms with Crippen LogP contribution in [0, 0.1) is 0 Å². The number of hydrogen-bond acceptors (Lipinski definition) is 14. The first-order valence-corrected chi connectivity index (χ1v) is 25.3. The van der Waals surface area contributed by atoms with Crippen LogP contribution in [0.5, 0.6) is 0 Å². The second-order valence-corrected chi connectivity index (χ2v) is 17.5. The van der Waals surface area contributed by atoms with E-state index in [-0.39, 0.29) is 26.1 Å². The molecular weight excluding hydrogens is 837 g/mol. The van der Waals surface area contributed by atoms with Crippen LogP contribution in [0.3, 0.4) is 0 Å². The van der Waals surface area contributed by atoms with Crippen LogP contribution in [0.15, 0.2) is 12.2 Å². The second kappa shape index (κ2) is 39.6. The van der Waals surface area contributed by atoms with Crippen molar-refractivity contribution in [3.8, 4) is 0 Å². The Morgan fingerprint density at radius 2 is 0.877 bits per heavy atom. The van der Waals surface area contributed by atoms with E-state index in [1.54, 1.807) is 0 Å². The third-order valence-corrected chi connectivity index (χ3v) is 11.3. The Bertz CT molecular complexity index is 1320. The highest BCUT2D eigenvalue weighted by atomic mass is 16.7. The summed E-state index contributed by atoms with van der Waals surface area (Å²) < 4.78 is 45.1. The molecule has 1 rings (SSSR count). The standard InChI is InChI=1S/C51H88O14/c1-7-9-11-13-15-17-19-21-22-24-25-27-29-31-33-35-46(56)59-37-44(64-47(57)36-34-32-30-28-26-23-20-18-16-14-12-10-8-2)38-60-51-50(63-43(6)55)49(62-42(5)54)48(61-41(4)53)45(65-51)39-58-40(3)52/h21-22,44-45,48-51H,7-20,23-39H2,1-6H3/b22-21-/t44-,45-,48+,49+,50-,51-/m1/s1. The zero-order valence-corrected chi connectivity index (χ0v) is 41.3. The molecule has 1 aliphatic heterocycles. The SMILES string of the molecule is CCCCCCCC/C=C\CCCCCCCC(=O)OC[C@H](CO[C@@H]1O[C@H](COC(C)=O)[C@H](OC(C)=O)[C@H](OC(C)=O)[C@H]1OC(C)=O)OC(=O)CCCCCCCCCCCCCCC. The summed E-state index contributed by atoms with van der Waals surface area (Å²) >= 11 is 0. The minimum Gasteiger partial charge on any atom is -0.463 e. The van der Waals surface area contributed by atoms with Crippen LogP contribution in [0.1, 0.15) is 221 Å². The van der Waals surface area contributed by atoms with Crippen LogP contribution in [-0.4, -0.2) is 92.4 Å². The van der Waals surface area contributed by atoms with E-state index >= 15 is 0 Å². The lowest BCUT2D eigenvalue weighted by molar-refractivity contribution is -0.311. The molecule has 1 aliphatic rings. The Kier molecular flexibility index (Phi) is 36.3. The molecule has 0 aromatic carbocycles. The summed E-state index contributed by atoms with van der Waals surface area (Å²) in [4.78, 5) is 74.5. The van der Waals surface area contributed by atoms with Crippen molar-refractivity contribution in [3.05, 3.63) is 12.2 Å². The van der Waals surface area contributed by atoms with Crippen LogP contribution in [0.2, 0.25) is 0 Å². The van der Waals surface area contributed by atoms with Gasteiger partial charge in [0.05, 0.1) is 6.61 Å². The Hall–Kier alpha value is -3.52. The summed E-state index contributed by atoms with van der Waals surface area (Å²) in [6.07, 6.45) is 26.9. The minimum atomic E-state index is -1.48. The van der Waals surface area contributed by atoms with E-state index in [9.17, 15) is 28.8 Å². The molecule has 14 heteroatoms. The van der Waals surface area contributed by atoms with E-state index in [0.29, 0.717) is 12.8 Å². The Morgan fingerprint density at radius 3 is 1.34 bits per heavy atom. The zero-order valence-electron chi connectivity index (χ0n) is 41.3. The maximum Gasteiger partial charge on any atom is 0.306 e. The summed E-state index contributed by atoms with van der Waals surface area (Å²) in [5.41, 5.74) is 0. The molecule has 1 saturated heterocycles. The van der Waals surface area contributed by atoms with Gasteiger partial charge in [0.2, 0.25) is 0 Å². The topological polar surface area (TPSA) is 176 Å². The van der Waals surface area contributed by atoms with Crippen molar-refractivity contribution in [1.82, 2.24) is 0 Å². The first-order valence-electron chi connectivity index (χ1n) is 25.3. The summed E-state index contributed by atoms with van der Waals surface area (Å²) in [6, 6.07) is 0. The lowest BCUT2D eigenvalue weighted by Crippen LogP contribution is -2.63. The normalized spacial score (nSPS) is 18.8. The number of hydrogen-bond donors (Lipinski definition) is 0. The number of esters is 6. The third kappa shape index (κ3) is 32.7. The fraction of sp³-hybridized carbons (Fsp3) is 0.843. The molecule has 0 aromatic rings. The highest BCUT2D eigenvalue weighted by Gasteiger charge is 2.53. The van der Waals surface area contributed by atoms with Gasteiger partial charge in [0.1, 0.15) is 19.3 Å². The molecule has 6 atom stereocenters. The van der Waals surface area contributed by atoms with E-state index in [1.165, 1.54) is 103 Å². The third-order valence-electron chi connectivity index (χ3n) is 11.3. The van der Waals surface area contributed by atoms with Crippen molar-refractivity contribution >= 4 is 35.8 Å². The monoisotopic (exact) mass is 925 g/mol. The smallest absolute Gasteiger partial charge is 0.306 e. The van der Waals surface area contributed by atoms with Gasteiger partial charge in [-0.15, -0.1) is 0 Å². The molecule has 1 fully saturated rings. The van der Waals surface area contributed by atoms with Gasteiger partial charge in [0.25, 0.3) is 0 Å². The van der Waals surface area contributed by atoms with Gasteiger partial charge in [-0.1, -0.05) is 154 Å². The van der Waals surface area contributed by atoms with Crippen molar-refractivity contribution in [3.63, 3.8) is 0 Å². The first-order chi connectivity index (χ1) is 31.4. The highest BCUT2D eigenvalue weighted by molar-refractivity contribution is 5.70. The zero-order chi connectivity index (χ0) is 47.9. The van der Waals surface area contributed by atoms with Gasteiger partial charge in [0.15, 0.2) is 30.7 Å². The molecule has 0 N–H and O–H groups in total. The van der Waals surface area contributed by atoms with Gasteiger partial charge in [-0.2, -0.15) is 0 Å². The average molecular weight is 925 g/mol. The molecule has 0 amide bonds. The second-order valence-electron chi connectivity index (χ2n) is 17.5. The number of carbonyl (C=O) groups is 6. The highest BCUT2D eigenvalue weighted by Crippen LogP contribution is 2.30. The summed E-state index contributed by atoms with van der Waals surface area (Å²) in [7, 11) is 0. The minimum absolute atomic E-state index is 0.163. The van der Waals surface area contributed by atoms with Gasteiger partial charge in [-0.05, 0) is 38.5 Å². The lowest BCUT2D eigenvalue weighted by atomic mass is 9.98. The van der Waals surface area contributed by atoms with Crippen LogP contribution < -0.4 is 0 Å². The van der Waals surface area contributed by atoms with Crippen molar-refractivity contribution in [2.75, 3.05) is 19.8 Å². The van der Waals surface area contributed by atoms with Gasteiger partial charge < -0.3 is 37.9 Å². The van der Waals surface area contributed by atoms with Gasteiger partial charge in [-0.3, -0.25) is 28.8 Å². The largest absolute Gasteiger partial charge is 0.463 e. The van der Waals surface area contributed by atoms with Crippen molar-refractivity contribution in [2.24, 2.45) is 0 Å². The molecule has 376 valence electrons. The molecule has 0 saturated carbocycles. The van der Waals surface area contributed by atoms with E-state index in [4.69, 9.17) is 37.9 Å². The predicted molar refractivity (Wildman–Crippen MR) is 249 cm³/mol. The fourth-order valence-corrected chi connectivity index (χ4v) is 7.77.